The predicted molar refractivity (Wildman–Crippen MR) is 96.4 cm³/mol. The Hall–Kier alpha value is -1.96. The van der Waals surface area contributed by atoms with Crippen LogP contribution in [0.1, 0.15) is 45.2 Å². The molecule has 0 spiro atoms. The molecular weight excluding hydrogens is 284 g/mol. The Kier molecular flexibility index (Phi) is 5.03. The molecule has 2 heteroatoms. The monoisotopic (exact) mass is 312 g/mol. The molecule has 0 aromatic heterocycles. The van der Waals surface area contributed by atoms with E-state index in [1.807, 2.05) is 24.3 Å². The minimum atomic E-state index is -0.316. The van der Waals surface area contributed by atoms with E-state index in [2.05, 4.69) is 65.8 Å². The number of hydrogen-bond donors (Lipinski definition) is 0. The van der Waals surface area contributed by atoms with Gasteiger partial charge in [-0.3, -0.25) is 0 Å². The fraction of sp³-hybridized carbons (Fsp3) is 0.429. The highest BCUT2D eigenvalue weighted by Crippen LogP contribution is 2.30. The molecule has 2 aromatic carbocycles. The zero-order chi connectivity index (χ0) is 17.1. The van der Waals surface area contributed by atoms with Crippen molar-refractivity contribution < 1.29 is 9.47 Å². The van der Waals surface area contributed by atoms with Crippen LogP contribution in [0.3, 0.4) is 0 Å². The Bertz CT molecular complexity index is 564. The molecule has 0 heterocycles. The summed E-state index contributed by atoms with van der Waals surface area (Å²) in [5.74, 6) is 1.79. The van der Waals surface area contributed by atoms with Gasteiger partial charge in [0.25, 0.3) is 0 Å². The molecule has 0 radical (unpaired) electrons. The van der Waals surface area contributed by atoms with Gasteiger partial charge in [0.2, 0.25) is 0 Å². The number of aryl methyl sites for hydroxylation is 2. The predicted octanol–water partition coefficient (Wildman–Crippen LogP) is 5.71. The molecule has 0 saturated heterocycles. The molecule has 0 aliphatic rings. The van der Waals surface area contributed by atoms with E-state index in [-0.39, 0.29) is 11.2 Å². The maximum atomic E-state index is 6.17. The van der Waals surface area contributed by atoms with Crippen LogP contribution in [0.2, 0.25) is 0 Å². The number of benzene rings is 2. The lowest BCUT2D eigenvalue weighted by Gasteiger charge is -2.35. The van der Waals surface area contributed by atoms with Crippen molar-refractivity contribution in [1.29, 1.82) is 0 Å². The van der Waals surface area contributed by atoms with Gasteiger partial charge in [0.15, 0.2) is 0 Å². The molecule has 0 aliphatic heterocycles. The van der Waals surface area contributed by atoms with E-state index >= 15 is 0 Å². The third kappa shape index (κ3) is 5.63. The summed E-state index contributed by atoms with van der Waals surface area (Å²) in [7, 11) is 0. The molecular formula is C21H28O2. The third-order valence-electron chi connectivity index (χ3n) is 3.68. The first kappa shape index (κ1) is 17.4. The maximum absolute atomic E-state index is 6.17. The highest BCUT2D eigenvalue weighted by molar-refractivity contribution is 5.28. The van der Waals surface area contributed by atoms with Gasteiger partial charge in [0.1, 0.15) is 22.7 Å². The highest BCUT2D eigenvalue weighted by atomic mass is 16.5. The van der Waals surface area contributed by atoms with E-state index in [4.69, 9.17) is 9.47 Å². The van der Waals surface area contributed by atoms with Crippen LogP contribution >= 0.6 is 0 Å². The maximum Gasteiger partial charge on any atom is 0.120 e. The summed E-state index contributed by atoms with van der Waals surface area (Å²) in [6, 6.07) is 16.4. The van der Waals surface area contributed by atoms with Crippen LogP contribution in [-0.4, -0.2) is 11.2 Å². The second-order valence-electron chi connectivity index (χ2n) is 7.53. The first-order valence-corrected chi connectivity index (χ1v) is 8.17. The molecule has 0 fully saturated rings. The molecule has 2 aromatic rings. The summed E-state index contributed by atoms with van der Waals surface area (Å²) in [5, 5.41) is 0. The number of ether oxygens (including phenoxy) is 2. The molecule has 0 bridgehead atoms. The lowest BCUT2D eigenvalue weighted by molar-refractivity contribution is 0.00504. The Balaban J connectivity index is 2.02. The van der Waals surface area contributed by atoms with Crippen LogP contribution in [0.25, 0.3) is 0 Å². The van der Waals surface area contributed by atoms with Crippen LogP contribution in [-0.2, 0) is 0 Å². The van der Waals surface area contributed by atoms with Crippen molar-refractivity contribution in [1.82, 2.24) is 0 Å². The minimum absolute atomic E-state index is 0.316. The van der Waals surface area contributed by atoms with Crippen LogP contribution < -0.4 is 9.47 Å². The van der Waals surface area contributed by atoms with Crippen molar-refractivity contribution in [3.8, 4) is 11.5 Å². The average molecular weight is 312 g/mol. The van der Waals surface area contributed by atoms with Gasteiger partial charge in [-0.2, -0.15) is 0 Å². The van der Waals surface area contributed by atoms with Gasteiger partial charge in [-0.25, -0.2) is 0 Å². The zero-order valence-electron chi connectivity index (χ0n) is 15.1. The van der Waals surface area contributed by atoms with Crippen LogP contribution in [0.5, 0.6) is 11.5 Å². The molecule has 124 valence electrons. The molecule has 0 atom stereocenters. The fourth-order valence-corrected chi connectivity index (χ4v) is 2.95. The SMILES string of the molecule is Cc1ccc(OC(C)(C)CC(C)(C)Oc2ccc(C)cc2)cc1. The summed E-state index contributed by atoms with van der Waals surface area (Å²) in [4.78, 5) is 0. The highest BCUT2D eigenvalue weighted by Gasteiger charge is 2.32. The molecule has 23 heavy (non-hydrogen) atoms. The summed E-state index contributed by atoms with van der Waals surface area (Å²) in [6.45, 7) is 12.6. The van der Waals surface area contributed by atoms with E-state index in [9.17, 15) is 0 Å². The second kappa shape index (κ2) is 6.66. The summed E-state index contributed by atoms with van der Waals surface area (Å²) in [6.07, 6.45) is 0.780. The normalized spacial score (nSPS) is 12.1. The smallest absolute Gasteiger partial charge is 0.120 e. The van der Waals surface area contributed by atoms with Gasteiger partial charge in [-0.1, -0.05) is 35.4 Å². The summed E-state index contributed by atoms with van der Waals surface area (Å²) >= 11 is 0. The molecule has 0 N–H and O–H groups in total. The summed E-state index contributed by atoms with van der Waals surface area (Å²) < 4.78 is 12.3. The van der Waals surface area contributed by atoms with E-state index in [1.54, 1.807) is 0 Å². The van der Waals surface area contributed by atoms with Crippen molar-refractivity contribution in [3.63, 3.8) is 0 Å². The van der Waals surface area contributed by atoms with Gasteiger partial charge in [-0.05, 0) is 65.8 Å². The lowest BCUT2D eigenvalue weighted by atomic mass is 9.92. The zero-order valence-corrected chi connectivity index (χ0v) is 15.1. The van der Waals surface area contributed by atoms with E-state index in [0.29, 0.717) is 0 Å². The third-order valence-corrected chi connectivity index (χ3v) is 3.68. The number of hydrogen-bond acceptors (Lipinski definition) is 2. The van der Waals surface area contributed by atoms with Gasteiger partial charge in [0, 0.05) is 6.42 Å². The van der Waals surface area contributed by atoms with E-state index in [0.717, 1.165) is 17.9 Å². The quantitative estimate of drug-likeness (QED) is 0.680. The largest absolute Gasteiger partial charge is 0.488 e. The van der Waals surface area contributed by atoms with Crippen molar-refractivity contribution in [2.24, 2.45) is 0 Å². The fourth-order valence-electron chi connectivity index (χ4n) is 2.95. The second-order valence-corrected chi connectivity index (χ2v) is 7.53. The first-order valence-electron chi connectivity index (χ1n) is 8.17. The van der Waals surface area contributed by atoms with E-state index < -0.39 is 0 Å². The summed E-state index contributed by atoms with van der Waals surface area (Å²) in [5.41, 5.74) is 1.84. The van der Waals surface area contributed by atoms with Gasteiger partial charge in [-0.15, -0.1) is 0 Å². The van der Waals surface area contributed by atoms with E-state index in [1.165, 1.54) is 11.1 Å². The van der Waals surface area contributed by atoms with Gasteiger partial charge in [0.05, 0.1) is 0 Å². The molecule has 0 aliphatic carbocycles. The van der Waals surface area contributed by atoms with Crippen LogP contribution in [0, 0.1) is 13.8 Å². The standard InChI is InChI=1S/C21H28O2/c1-16-7-11-18(12-8-16)22-20(3,4)15-21(5,6)23-19-13-9-17(2)10-14-19/h7-14H,15H2,1-6H3. The van der Waals surface area contributed by atoms with Gasteiger partial charge < -0.3 is 9.47 Å². The Morgan fingerprint density at radius 3 is 1.22 bits per heavy atom. The van der Waals surface area contributed by atoms with Crippen LogP contribution in [0.15, 0.2) is 48.5 Å². The molecule has 0 amide bonds. The average Bonchev–Trinajstić information content (AvgIpc) is 2.42. The Morgan fingerprint density at radius 2 is 0.913 bits per heavy atom. The van der Waals surface area contributed by atoms with Crippen molar-refractivity contribution >= 4 is 0 Å². The molecule has 0 saturated carbocycles. The van der Waals surface area contributed by atoms with Crippen LogP contribution in [0.4, 0.5) is 0 Å². The molecule has 2 rings (SSSR count). The lowest BCUT2D eigenvalue weighted by Crippen LogP contribution is -2.41. The minimum Gasteiger partial charge on any atom is -0.488 e. The van der Waals surface area contributed by atoms with Crippen molar-refractivity contribution in [3.05, 3.63) is 59.7 Å². The first-order chi connectivity index (χ1) is 10.7. The van der Waals surface area contributed by atoms with Crippen molar-refractivity contribution in [2.75, 3.05) is 0 Å². The van der Waals surface area contributed by atoms with Gasteiger partial charge >= 0.3 is 0 Å². The number of rotatable bonds is 6. The molecule has 0 unspecified atom stereocenters. The Morgan fingerprint density at radius 1 is 0.609 bits per heavy atom. The topological polar surface area (TPSA) is 18.5 Å². The van der Waals surface area contributed by atoms with Crippen molar-refractivity contribution in [2.45, 2.75) is 59.2 Å². The molecule has 2 nitrogen and oxygen atoms in total. The Labute approximate surface area is 140 Å².